The third-order valence-corrected chi connectivity index (χ3v) is 4.80. The summed E-state index contributed by atoms with van der Waals surface area (Å²) in [5, 5.41) is 14.8. The fourth-order valence-electron chi connectivity index (χ4n) is 2.81. The van der Waals surface area contributed by atoms with E-state index in [2.05, 4.69) is 5.32 Å². The molecule has 2 aromatic carbocycles. The summed E-state index contributed by atoms with van der Waals surface area (Å²) in [5.41, 5.74) is 1.16. The largest absolute Gasteiger partial charge is 0.366 e. The van der Waals surface area contributed by atoms with Crippen LogP contribution in [0.25, 0.3) is 0 Å². The summed E-state index contributed by atoms with van der Waals surface area (Å²) in [5.74, 6) is -0.450. The van der Waals surface area contributed by atoms with Gasteiger partial charge < -0.3 is 10.2 Å². The third kappa shape index (κ3) is 3.86. The normalized spacial score (nSPS) is 13.8. The van der Waals surface area contributed by atoms with Crippen LogP contribution in [0, 0.1) is 10.1 Å². The Hall–Kier alpha value is -2.31. The maximum atomic E-state index is 12.4. The van der Waals surface area contributed by atoms with E-state index in [0.29, 0.717) is 21.4 Å². The van der Waals surface area contributed by atoms with Gasteiger partial charge in [0.05, 0.1) is 15.0 Å². The number of anilines is 2. The van der Waals surface area contributed by atoms with Gasteiger partial charge in [-0.15, -0.1) is 0 Å². The van der Waals surface area contributed by atoms with Crippen LogP contribution in [-0.2, 0) is 0 Å². The molecule has 1 saturated heterocycles. The monoisotopic (exact) mass is 379 g/mol. The molecule has 1 aliphatic rings. The molecular weight excluding hydrogens is 365 g/mol. The number of amides is 1. The summed E-state index contributed by atoms with van der Waals surface area (Å²) in [7, 11) is 0. The van der Waals surface area contributed by atoms with Gasteiger partial charge >= 0.3 is 0 Å². The van der Waals surface area contributed by atoms with Gasteiger partial charge in [-0.1, -0.05) is 23.2 Å². The van der Waals surface area contributed by atoms with Crippen molar-refractivity contribution < 1.29 is 9.72 Å². The predicted molar refractivity (Wildman–Crippen MR) is 99.0 cm³/mol. The first-order chi connectivity index (χ1) is 12.0. The molecule has 0 unspecified atom stereocenters. The van der Waals surface area contributed by atoms with E-state index in [0.717, 1.165) is 25.9 Å². The Balaban J connectivity index is 1.86. The van der Waals surface area contributed by atoms with Crippen LogP contribution in [-0.4, -0.2) is 23.9 Å². The lowest BCUT2D eigenvalue weighted by molar-refractivity contribution is -0.384. The zero-order valence-corrected chi connectivity index (χ0v) is 14.7. The van der Waals surface area contributed by atoms with Crippen LogP contribution in [0.1, 0.15) is 23.2 Å². The van der Waals surface area contributed by atoms with Crippen molar-refractivity contribution in [3.63, 3.8) is 0 Å². The molecule has 2 aromatic rings. The van der Waals surface area contributed by atoms with Gasteiger partial charge in [0.25, 0.3) is 11.6 Å². The molecule has 1 fully saturated rings. The van der Waals surface area contributed by atoms with Crippen molar-refractivity contribution in [2.75, 3.05) is 23.3 Å². The third-order valence-electron chi connectivity index (χ3n) is 4.06. The standard InChI is InChI=1S/C17H15Cl2N3O3/c18-13-5-4-12(10-14(13)19)20-17(23)11-3-6-15(16(9-11)22(24)25)21-7-1-2-8-21/h3-6,9-10H,1-2,7-8H2,(H,20,23). The lowest BCUT2D eigenvalue weighted by Crippen LogP contribution is -2.19. The number of hydrogen-bond donors (Lipinski definition) is 1. The number of nitro groups is 1. The van der Waals surface area contributed by atoms with Gasteiger partial charge in [0.15, 0.2) is 0 Å². The zero-order chi connectivity index (χ0) is 18.0. The van der Waals surface area contributed by atoms with E-state index in [-0.39, 0.29) is 11.3 Å². The van der Waals surface area contributed by atoms with Crippen LogP contribution in [0.3, 0.4) is 0 Å². The average molecular weight is 380 g/mol. The lowest BCUT2D eigenvalue weighted by Gasteiger charge is -2.17. The number of rotatable bonds is 4. The number of carbonyl (C=O) groups excluding carboxylic acids is 1. The second kappa shape index (κ2) is 7.29. The second-order valence-electron chi connectivity index (χ2n) is 5.74. The van der Waals surface area contributed by atoms with Crippen LogP contribution < -0.4 is 10.2 Å². The number of hydrogen-bond acceptors (Lipinski definition) is 4. The van der Waals surface area contributed by atoms with Crippen molar-refractivity contribution in [3.8, 4) is 0 Å². The average Bonchev–Trinajstić information content (AvgIpc) is 3.12. The van der Waals surface area contributed by atoms with Crippen LogP contribution in [0.4, 0.5) is 17.1 Å². The SMILES string of the molecule is O=C(Nc1ccc(Cl)c(Cl)c1)c1ccc(N2CCCC2)c([N+](=O)[O-])c1. The lowest BCUT2D eigenvalue weighted by atomic mass is 10.1. The summed E-state index contributed by atoms with van der Waals surface area (Å²) in [6.07, 6.45) is 2.02. The highest BCUT2D eigenvalue weighted by atomic mass is 35.5. The van der Waals surface area contributed by atoms with Gasteiger partial charge in [0, 0.05) is 30.4 Å². The van der Waals surface area contributed by atoms with E-state index in [1.807, 2.05) is 4.90 Å². The van der Waals surface area contributed by atoms with E-state index >= 15 is 0 Å². The topological polar surface area (TPSA) is 75.5 Å². The molecule has 0 aliphatic carbocycles. The molecule has 25 heavy (non-hydrogen) atoms. The highest BCUT2D eigenvalue weighted by Crippen LogP contribution is 2.32. The van der Waals surface area contributed by atoms with Crippen molar-refractivity contribution in [1.29, 1.82) is 0 Å². The molecule has 1 N–H and O–H groups in total. The van der Waals surface area contributed by atoms with E-state index in [1.54, 1.807) is 24.3 Å². The fraction of sp³-hybridized carbons (Fsp3) is 0.235. The van der Waals surface area contributed by atoms with Gasteiger partial charge in [-0.2, -0.15) is 0 Å². The van der Waals surface area contributed by atoms with Crippen LogP contribution in [0.5, 0.6) is 0 Å². The Labute approximate surface area is 154 Å². The number of carbonyl (C=O) groups is 1. The number of nitro benzene ring substituents is 1. The van der Waals surface area contributed by atoms with Crippen LogP contribution in [0.15, 0.2) is 36.4 Å². The minimum absolute atomic E-state index is 0.0660. The second-order valence-corrected chi connectivity index (χ2v) is 6.55. The summed E-state index contributed by atoms with van der Waals surface area (Å²) in [6, 6.07) is 9.23. The molecular formula is C17H15Cl2N3O3. The molecule has 0 radical (unpaired) electrons. The molecule has 0 saturated carbocycles. The Bertz CT molecular complexity index is 836. The first-order valence-electron chi connectivity index (χ1n) is 7.75. The smallest absolute Gasteiger partial charge is 0.293 e. The Morgan fingerprint density at radius 3 is 2.44 bits per heavy atom. The Kier molecular flexibility index (Phi) is 5.11. The quantitative estimate of drug-likeness (QED) is 0.613. The maximum absolute atomic E-state index is 12.4. The molecule has 0 atom stereocenters. The van der Waals surface area contributed by atoms with Gasteiger partial charge in [0.1, 0.15) is 5.69 Å². The van der Waals surface area contributed by atoms with E-state index in [9.17, 15) is 14.9 Å². The summed E-state index contributed by atoms with van der Waals surface area (Å²) >= 11 is 11.8. The highest BCUT2D eigenvalue weighted by Gasteiger charge is 2.23. The van der Waals surface area contributed by atoms with Gasteiger partial charge in [-0.05, 0) is 43.2 Å². The molecule has 0 bridgehead atoms. The first kappa shape index (κ1) is 17.5. The Morgan fingerprint density at radius 1 is 1.08 bits per heavy atom. The predicted octanol–water partition coefficient (Wildman–Crippen LogP) is 4.75. The Morgan fingerprint density at radius 2 is 1.80 bits per heavy atom. The molecule has 0 spiro atoms. The van der Waals surface area contributed by atoms with Gasteiger partial charge in [-0.3, -0.25) is 14.9 Å². The summed E-state index contributed by atoms with van der Waals surface area (Å²) in [6.45, 7) is 1.57. The van der Waals surface area contributed by atoms with Crippen molar-refractivity contribution in [1.82, 2.24) is 0 Å². The highest BCUT2D eigenvalue weighted by molar-refractivity contribution is 6.42. The first-order valence-corrected chi connectivity index (χ1v) is 8.51. The van der Waals surface area contributed by atoms with Crippen molar-refractivity contribution >= 4 is 46.2 Å². The minimum Gasteiger partial charge on any atom is -0.366 e. The summed E-state index contributed by atoms with van der Waals surface area (Å²) in [4.78, 5) is 25.3. The minimum atomic E-state index is -0.455. The molecule has 1 aliphatic heterocycles. The van der Waals surface area contributed by atoms with Crippen LogP contribution in [0.2, 0.25) is 10.0 Å². The van der Waals surface area contributed by atoms with E-state index in [4.69, 9.17) is 23.2 Å². The number of nitrogens with zero attached hydrogens (tertiary/aromatic N) is 2. The van der Waals surface area contributed by atoms with Gasteiger partial charge in [0.2, 0.25) is 0 Å². The van der Waals surface area contributed by atoms with Crippen molar-refractivity contribution in [2.45, 2.75) is 12.8 Å². The van der Waals surface area contributed by atoms with Crippen LogP contribution >= 0.6 is 23.2 Å². The number of nitrogens with one attached hydrogen (secondary N) is 1. The van der Waals surface area contributed by atoms with E-state index in [1.165, 1.54) is 12.1 Å². The molecule has 0 aromatic heterocycles. The van der Waals surface area contributed by atoms with E-state index < -0.39 is 10.8 Å². The van der Waals surface area contributed by atoms with Crippen molar-refractivity contribution in [2.24, 2.45) is 0 Å². The zero-order valence-electron chi connectivity index (χ0n) is 13.2. The summed E-state index contributed by atoms with van der Waals surface area (Å²) < 4.78 is 0. The number of halogens is 2. The molecule has 1 heterocycles. The molecule has 6 nitrogen and oxygen atoms in total. The fourth-order valence-corrected chi connectivity index (χ4v) is 3.11. The molecule has 8 heteroatoms. The molecule has 1 amide bonds. The van der Waals surface area contributed by atoms with Gasteiger partial charge in [-0.25, -0.2) is 0 Å². The molecule has 3 rings (SSSR count). The van der Waals surface area contributed by atoms with Crippen molar-refractivity contribution in [3.05, 3.63) is 62.1 Å². The molecule has 130 valence electrons. The number of benzene rings is 2. The maximum Gasteiger partial charge on any atom is 0.293 e.